The standard InChI is InChI=1S/C13H13BrN2/c1-15-13(11-3-2-8-16-9-11)10-4-6-12(14)7-5-10/h2-9,13,15H,1H3. The van der Waals surface area contributed by atoms with E-state index in [1.165, 1.54) is 11.1 Å². The first-order valence-corrected chi connectivity index (χ1v) is 5.93. The van der Waals surface area contributed by atoms with Gasteiger partial charge in [0.25, 0.3) is 0 Å². The SMILES string of the molecule is CNC(c1ccc(Br)cc1)c1cccnc1. The van der Waals surface area contributed by atoms with Gasteiger partial charge in [-0.3, -0.25) is 4.98 Å². The molecule has 3 heteroatoms. The van der Waals surface area contributed by atoms with E-state index in [9.17, 15) is 0 Å². The molecule has 0 spiro atoms. The summed E-state index contributed by atoms with van der Waals surface area (Å²) in [5.41, 5.74) is 2.41. The van der Waals surface area contributed by atoms with Crippen molar-refractivity contribution in [2.45, 2.75) is 6.04 Å². The zero-order valence-electron chi connectivity index (χ0n) is 9.02. The first kappa shape index (κ1) is 11.3. The maximum Gasteiger partial charge on any atom is 0.0589 e. The molecule has 0 amide bonds. The summed E-state index contributed by atoms with van der Waals surface area (Å²) in [4.78, 5) is 4.15. The third-order valence-corrected chi connectivity index (χ3v) is 3.04. The predicted molar refractivity (Wildman–Crippen MR) is 69.3 cm³/mol. The number of pyridine rings is 1. The van der Waals surface area contributed by atoms with Gasteiger partial charge in [-0.15, -0.1) is 0 Å². The minimum atomic E-state index is 0.196. The van der Waals surface area contributed by atoms with Crippen molar-refractivity contribution in [1.29, 1.82) is 0 Å². The van der Waals surface area contributed by atoms with Gasteiger partial charge in [0.2, 0.25) is 0 Å². The Labute approximate surface area is 104 Å². The molecule has 0 radical (unpaired) electrons. The number of aromatic nitrogens is 1. The highest BCUT2D eigenvalue weighted by Gasteiger charge is 2.10. The van der Waals surface area contributed by atoms with Crippen molar-refractivity contribution in [3.63, 3.8) is 0 Å². The van der Waals surface area contributed by atoms with Crippen LogP contribution in [0, 0.1) is 0 Å². The van der Waals surface area contributed by atoms with E-state index in [4.69, 9.17) is 0 Å². The van der Waals surface area contributed by atoms with E-state index >= 15 is 0 Å². The summed E-state index contributed by atoms with van der Waals surface area (Å²) in [6.07, 6.45) is 3.68. The lowest BCUT2D eigenvalue weighted by Crippen LogP contribution is -2.17. The van der Waals surface area contributed by atoms with Crippen molar-refractivity contribution >= 4 is 15.9 Å². The third-order valence-electron chi connectivity index (χ3n) is 2.51. The average molecular weight is 277 g/mol. The monoisotopic (exact) mass is 276 g/mol. The van der Waals surface area contributed by atoms with Gasteiger partial charge in [0.1, 0.15) is 0 Å². The molecule has 2 rings (SSSR count). The Morgan fingerprint density at radius 3 is 2.44 bits per heavy atom. The van der Waals surface area contributed by atoms with Crippen LogP contribution in [0.1, 0.15) is 17.2 Å². The van der Waals surface area contributed by atoms with Gasteiger partial charge in [-0.25, -0.2) is 0 Å². The van der Waals surface area contributed by atoms with Crippen LogP contribution in [-0.2, 0) is 0 Å². The molecule has 0 bridgehead atoms. The number of nitrogens with zero attached hydrogens (tertiary/aromatic N) is 1. The lowest BCUT2D eigenvalue weighted by atomic mass is 10.0. The summed E-state index contributed by atoms with van der Waals surface area (Å²) >= 11 is 3.44. The van der Waals surface area contributed by atoms with E-state index in [2.05, 4.69) is 56.6 Å². The molecule has 2 aromatic rings. The fourth-order valence-corrected chi connectivity index (χ4v) is 1.99. The number of benzene rings is 1. The molecule has 16 heavy (non-hydrogen) atoms. The smallest absolute Gasteiger partial charge is 0.0589 e. The molecule has 1 unspecified atom stereocenters. The quantitative estimate of drug-likeness (QED) is 0.932. The van der Waals surface area contributed by atoms with Crippen molar-refractivity contribution in [2.75, 3.05) is 7.05 Å². The summed E-state index contributed by atoms with van der Waals surface area (Å²) in [6.45, 7) is 0. The number of rotatable bonds is 3. The molecule has 0 fully saturated rings. The van der Waals surface area contributed by atoms with Gasteiger partial charge < -0.3 is 5.32 Å². The Balaban J connectivity index is 2.33. The predicted octanol–water partition coefficient (Wildman–Crippen LogP) is 3.15. The highest BCUT2D eigenvalue weighted by atomic mass is 79.9. The Bertz CT molecular complexity index is 439. The van der Waals surface area contributed by atoms with E-state index in [0.29, 0.717) is 0 Å². The summed E-state index contributed by atoms with van der Waals surface area (Å²) in [7, 11) is 1.96. The first-order chi connectivity index (χ1) is 7.81. The second kappa shape index (κ2) is 5.23. The van der Waals surface area contributed by atoms with Crippen LogP contribution in [0.2, 0.25) is 0 Å². The molecule has 1 heterocycles. The van der Waals surface area contributed by atoms with Crippen molar-refractivity contribution in [3.8, 4) is 0 Å². The molecule has 2 nitrogen and oxygen atoms in total. The summed E-state index contributed by atoms with van der Waals surface area (Å²) in [5, 5.41) is 3.30. The van der Waals surface area contributed by atoms with Crippen LogP contribution >= 0.6 is 15.9 Å². The Kier molecular flexibility index (Phi) is 3.70. The minimum Gasteiger partial charge on any atom is -0.309 e. The third kappa shape index (κ3) is 2.49. The molecule has 0 aliphatic heterocycles. The van der Waals surface area contributed by atoms with Crippen LogP contribution in [0.4, 0.5) is 0 Å². The lowest BCUT2D eigenvalue weighted by Gasteiger charge is -2.16. The molecule has 0 aliphatic carbocycles. The second-order valence-corrected chi connectivity index (χ2v) is 4.48. The average Bonchev–Trinajstić information content (AvgIpc) is 2.34. The second-order valence-electron chi connectivity index (χ2n) is 3.56. The summed E-state index contributed by atoms with van der Waals surface area (Å²) in [5.74, 6) is 0. The van der Waals surface area contributed by atoms with Gasteiger partial charge in [-0.05, 0) is 36.4 Å². The van der Waals surface area contributed by atoms with E-state index in [1.807, 2.05) is 19.3 Å². The van der Waals surface area contributed by atoms with Gasteiger partial charge in [-0.1, -0.05) is 34.1 Å². The Hall–Kier alpha value is -1.19. The zero-order chi connectivity index (χ0) is 11.4. The molecule has 0 aliphatic rings. The Morgan fingerprint density at radius 1 is 1.12 bits per heavy atom. The zero-order valence-corrected chi connectivity index (χ0v) is 10.6. The van der Waals surface area contributed by atoms with Crippen LogP contribution in [0.5, 0.6) is 0 Å². The van der Waals surface area contributed by atoms with Crippen LogP contribution in [0.3, 0.4) is 0 Å². The highest BCUT2D eigenvalue weighted by molar-refractivity contribution is 9.10. The molecule has 1 aromatic heterocycles. The van der Waals surface area contributed by atoms with Crippen molar-refractivity contribution in [2.24, 2.45) is 0 Å². The summed E-state index contributed by atoms with van der Waals surface area (Å²) < 4.78 is 1.09. The van der Waals surface area contributed by atoms with Crippen molar-refractivity contribution in [3.05, 3.63) is 64.4 Å². The maximum atomic E-state index is 4.15. The van der Waals surface area contributed by atoms with E-state index in [-0.39, 0.29) is 6.04 Å². The molecular weight excluding hydrogens is 264 g/mol. The van der Waals surface area contributed by atoms with Gasteiger partial charge in [0.05, 0.1) is 6.04 Å². The molecule has 1 aromatic carbocycles. The molecule has 82 valence electrons. The van der Waals surface area contributed by atoms with Crippen LogP contribution < -0.4 is 5.32 Å². The molecule has 1 atom stereocenters. The fraction of sp³-hybridized carbons (Fsp3) is 0.154. The van der Waals surface area contributed by atoms with Crippen LogP contribution in [-0.4, -0.2) is 12.0 Å². The molecular formula is C13H13BrN2. The number of nitrogens with one attached hydrogen (secondary N) is 1. The maximum absolute atomic E-state index is 4.15. The topological polar surface area (TPSA) is 24.9 Å². The van der Waals surface area contributed by atoms with E-state index < -0.39 is 0 Å². The number of hydrogen-bond acceptors (Lipinski definition) is 2. The normalized spacial score (nSPS) is 12.4. The molecule has 1 N–H and O–H groups in total. The van der Waals surface area contributed by atoms with Crippen LogP contribution in [0.15, 0.2) is 53.3 Å². The largest absolute Gasteiger partial charge is 0.309 e. The van der Waals surface area contributed by atoms with Crippen LogP contribution in [0.25, 0.3) is 0 Å². The van der Waals surface area contributed by atoms with E-state index in [1.54, 1.807) is 6.20 Å². The molecule has 0 saturated carbocycles. The Morgan fingerprint density at radius 2 is 1.88 bits per heavy atom. The summed E-state index contributed by atoms with van der Waals surface area (Å²) in [6, 6.07) is 12.6. The molecule has 0 saturated heterocycles. The minimum absolute atomic E-state index is 0.196. The van der Waals surface area contributed by atoms with Gasteiger partial charge >= 0.3 is 0 Å². The highest BCUT2D eigenvalue weighted by Crippen LogP contribution is 2.22. The first-order valence-electron chi connectivity index (χ1n) is 5.14. The van der Waals surface area contributed by atoms with Gasteiger partial charge in [0, 0.05) is 16.9 Å². The van der Waals surface area contributed by atoms with Gasteiger partial charge in [-0.2, -0.15) is 0 Å². The van der Waals surface area contributed by atoms with Crippen molar-refractivity contribution < 1.29 is 0 Å². The number of hydrogen-bond donors (Lipinski definition) is 1. The lowest BCUT2D eigenvalue weighted by molar-refractivity contribution is 0.688. The van der Waals surface area contributed by atoms with Crippen molar-refractivity contribution in [1.82, 2.24) is 10.3 Å². The van der Waals surface area contributed by atoms with Gasteiger partial charge in [0.15, 0.2) is 0 Å². The fourth-order valence-electron chi connectivity index (χ4n) is 1.73. The number of halogens is 1. The van der Waals surface area contributed by atoms with E-state index in [0.717, 1.165) is 4.47 Å².